The number of halogens is 2. The molecule has 1 fully saturated rings. The number of amides is 1. The molecule has 3 nitrogen and oxygen atoms in total. The van der Waals surface area contributed by atoms with Crippen LogP contribution in [-0.4, -0.2) is 5.91 Å². The first kappa shape index (κ1) is 15.6. The average molecular weight is 403 g/mol. The monoisotopic (exact) mass is 402 g/mol. The van der Waals surface area contributed by atoms with Crippen LogP contribution in [-0.2, 0) is 4.79 Å². The summed E-state index contributed by atoms with van der Waals surface area (Å²) in [6.07, 6.45) is 5.40. The van der Waals surface area contributed by atoms with Gasteiger partial charge < -0.3 is 5.32 Å². The minimum absolute atomic E-state index is 0.179. The van der Waals surface area contributed by atoms with E-state index in [2.05, 4.69) is 34.0 Å². The van der Waals surface area contributed by atoms with Gasteiger partial charge in [0.25, 0.3) is 0 Å². The minimum Gasteiger partial charge on any atom is -0.324 e. The van der Waals surface area contributed by atoms with E-state index in [4.69, 9.17) is 11.6 Å². The average Bonchev–Trinajstić information content (AvgIpc) is 2.68. The Morgan fingerprint density at radius 3 is 2.50 bits per heavy atom. The van der Waals surface area contributed by atoms with Crippen molar-refractivity contribution >= 4 is 45.8 Å². The van der Waals surface area contributed by atoms with Gasteiger partial charge in [0, 0.05) is 8.59 Å². The molecule has 1 aliphatic carbocycles. The summed E-state index contributed by atoms with van der Waals surface area (Å²) in [5, 5.41) is 13.0. The van der Waals surface area contributed by atoms with Gasteiger partial charge in [-0.25, -0.2) is 0 Å². The highest BCUT2D eigenvalue weighted by atomic mass is 127. The molecule has 0 radical (unpaired) electrons. The molecule has 1 amide bonds. The Labute approximate surface area is 137 Å². The molecule has 0 atom stereocenters. The third kappa shape index (κ3) is 3.44. The molecular weight excluding hydrogens is 387 g/mol. The normalized spacial score (nSPS) is 17.9. The summed E-state index contributed by atoms with van der Waals surface area (Å²) < 4.78 is 0.880. The molecule has 0 saturated heterocycles. The van der Waals surface area contributed by atoms with Crippen LogP contribution in [0.25, 0.3) is 0 Å². The number of nitrogens with one attached hydrogen (secondary N) is 1. The van der Waals surface area contributed by atoms with Crippen molar-refractivity contribution in [3.05, 3.63) is 26.8 Å². The highest BCUT2D eigenvalue weighted by Gasteiger charge is 2.39. The van der Waals surface area contributed by atoms with E-state index < -0.39 is 5.41 Å². The van der Waals surface area contributed by atoms with E-state index >= 15 is 0 Å². The zero-order valence-electron chi connectivity index (χ0n) is 11.1. The molecular formula is C15H16ClIN2O. The van der Waals surface area contributed by atoms with Crippen molar-refractivity contribution in [1.82, 2.24) is 0 Å². The Hall–Kier alpha value is -0.800. The van der Waals surface area contributed by atoms with Gasteiger partial charge in [0.2, 0.25) is 5.91 Å². The van der Waals surface area contributed by atoms with Crippen LogP contribution >= 0.6 is 34.2 Å². The third-order valence-electron chi connectivity index (χ3n) is 3.79. The summed E-state index contributed by atoms with van der Waals surface area (Å²) in [6, 6.07) is 7.59. The molecule has 1 aliphatic rings. The van der Waals surface area contributed by atoms with Gasteiger partial charge in [0.1, 0.15) is 5.41 Å². The predicted molar refractivity (Wildman–Crippen MR) is 88.5 cm³/mol. The third-order valence-corrected chi connectivity index (χ3v) is 4.91. The molecule has 1 aromatic rings. The maximum atomic E-state index is 12.5. The molecule has 106 valence electrons. The second-order valence-electron chi connectivity index (χ2n) is 5.19. The Kier molecular flexibility index (Phi) is 5.28. The van der Waals surface area contributed by atoms with Crippen LogP contribution < -0.4 is 5.32 Å². The van der Waals surface area contributed by atoms with Crippen LogP contribution in [0.4, 0.5) is 5.69 Å². The van der Waals surface area contributed by atoms with Gasteiger partial charge in [-0.2, -0.15) is 5.26 Å². The first-order chi connectivity index (χ1) is 9.57. The number of hydrogen-bond acceptors (Lipinski definition) is 2. The lowest BCUT2D eigenvalue weighted by atomic mass is 9.81. The lowest BCUT2D eigenvalue weighted by molar-refractivity contribution is -0.123. The van der Waals surface area contributed by atoms with E-state index in [1.54, 1.807) is 18.2 Å². The molecule has 1 aromatic carbocycles. The Morgan fingerprint density at radius 2 is 1.95 bits per heavy atom. The van der Waals surface area contributed by atoms with Gasteiger partial charge in [-0.3, -0.25) is 4.79 Å². The molecule has 0 bridgehead atoms. The zero-order valence-corrected chi connectivity index (χ0v) is 14.0. The Morgan fingerprint density at radius 1 is 1.30 bits per heavy atom. The molecule has 0 spiro atoms. The number of anilines is 1. The molecule has 0 unspecified atom stereocenters. The molecule has 2 rings (SSSR count). The van der Waals surface area contributed by atoms with Gasteiger partial charge in [-0.1, -0.05) is 37.3 Å². The van der Waals surface area contributed by atoms with Crippen molar-refractivity contribution in [3.63, 3.8) is 0 Å². The van der Waals surface area contributed by atoms with E-state index in [9.17, 15) is 10.1 Å². The number of carbonyl (C=O) groups excluding carboxylic acids is 1. The van der Waals surface area contributed by atoms with Crippen molar-refractivity contribution in [1.29, 1.82) is 5.26 Å². The number of carbonyl (C=O) groups is 1. The van der Waals surface area contributed by atoms with Gasteiger partial charge in [-0.05, 0) is 53.6 Å². The largest absolute Gasteiger partial charge is 0.324 e. The SMILES string of the molecule is N#CC1(C(=O)Nc2ccc(Cl)cc2I)CCCCCC1. The zero-order chi connectivity index (χ0) is 14.6. The molecule has 0 aromatic heterocycles. The molecule has 1 N–H and O–H groups in total. The first-order valence-electron chi connectivity index (χ1n) is 6.75. The maximum absolute atomic E-state index is 12.5. The van der Waals surface area contributed by atoms with Crippen molar-refractivity contribution in [2.75, 3.05) is 5.32 Å². The highest BCUT2D eigenvalue weighted by Crippen LogP contribution is 2.36. The summed E-state index contributed by atoms with van der Waals surface area (Å²) in [7, 11) is 0. The van der Waals surface area contributed by atoms with Crippen LogP contribution in [0.1, 0.15) is 38.5 Å². The molecule has 0 aliphatic heterocycles. The summed E-state index contributed by atoms with van der Waals surface area (Å²) >= 11 is 8.04. The number of hydrogen-bond donors (Lipinski definition) is 1. The fourth-order valence-corrected chi connectivity index (χ4v) is 3.56. The summed E-state index contributed by atoms with van der Waals surface area (Å²) in [5.41, 5.74) is -0.155. The second kappa shape index (κ2) is 6.77. The quantitative estimate of drug-likeness (QED) is 0.573. The van der Waals surface area contributed by atoms with Crippen molar-refractivity contribution in [3.8, 4) is 6.07 Å². The maximum Gasteiger partial charge on any atom is 0.244 e. The highest BCUT2D eigenvalue weighted by molar-refractivity contribution is 14.1. The Balaban J connectivity index is 2.19. The van der Waals surface area contributed by atoms with E-state index in [-0.39, 0.29) is 5.91 Å². The lowest BCUT2D eigenvalue weighted by Gasteiger charge is -2.24. The van der Waals surface area contributed by atoms with Crippen LogP contribution in [0.3, 0.4) is 0 Å². The summed E-state index contributed by atoms with van der Waals surface area (Å²) in [5.74, 6) is -0.179. The lowest BCUT2D eigenvalue weighted by Crippen LogP contribution is -2.34. The number of benzene rings is 1. The van der Waals surface area contributed by atoms with E-state index in [1.165, 1.54) is 0 Å². The van der Waals surface area contributed by atoms with Gasteiger partial charge in [0.15, 0.2) is 0 Å². The molecule has 20 heavy (non-hydrogen) atoms. The van der Waals surface area contributed by atoms with Crippen LogP contribution in [0.5, 0.6) is 0 Å². The van der Waals surface area contributed by atoms with Crippen molar-refractivity contribution in [2.24, 2.45) is 5.41 Å². The predicted octanol–water partition coefficient (Wildman–Crippen LogP) is 4.75. The van der Waals surface area contributed by atoms with E-state index in [0.29, 0.717) is 17.9 Å². The first-order valence-corrected chi connectivity index (χ1v) is 8.21. The standard InChI is InChI=1S/C15H16ClIN2O/c16-11-5-6-13(12(17)9-11)19-14(20)15(10-18)7-3-1-2-4-8-15/h5-6,9H,1-4,7-8H2,(H,19,20). The van der Waals surface area contributed by atoms with Gasteiger partial charge >= 0.3 is 0 Å². The number of rotatable bonds is 2. The van der Waals surface area contributed by atoms with Crippen LogP contribution in [0, 0.1) is 20.3 Å². The van der Waals surface area contributed by atoms with Crippen molar-refractivity contribution < 1.29 is 4.79 Å². The Bertz CT molecular complexity index is 545. The minimum atomic E-state index is -0.876. The summed E-state index contributed by atoms with van der Waals surface area (Å²) in [4.78, 5) is 12.5. The molecule has 0 heterocycles. The topological polar surface area (TPSA) is 52.9 Å². The van der Waals surface area contributed by atoms with E-state index in [1.807, 2.05) is 0 Å². The second-order valence-corrected chi connectivity index (χ2v) is 6.79. The molecule has 1 saturated carbocycles. The fraction of sp³-hybridized carbons (Fsp3) is 0.467. The smallest absolute Gasteiger partial charge is 0.244 e. The number of nitriles is 1. The van der Waals surface area contributed by atoms with Crippen LogP contribution in [0.15, 0.2) is 18.2 Å². The number of nitrogens with zero attached hydrogens (tertiary/aromatic N) is 1. The van der Waals surface area contributed by atoms with Gasteiger partial charge in [0.05, 0.1) is 11.8 Å². The van der Waals surface area contributed by atoms with Gasteiger partial charge in [-0.15, -0.1) is 0 Å². The summed E-state index contributed by atoms with van der Waals surface area (Å²) in [6.45, 7) is 0. The van der Waals surface area contributed by atoms with E-state index in [0.717, 1.165) is 34.9 Å². The van der Waals surface area contributed by atoms with Crippen molar-refractivity contribution in [2.45, 2.75) is 38.5 Å². The fourth-order valence-electron chi connectivity index (χ4n) is 2.55. The van der Waals surface area contributed by atoms with Crippen LogP contribution in [0.2, 0.25) is 5.02 Å². The molecule has 5 heteroatoms.